The molecule has 0 bridgehead atoms. The second-order valence-corrected chi connectivity index (χ2v) is 5.18. The molecule has 0 spiro atoms. The summed E-state index contributed by atoms with van der Waals surface area (Å²) in [5, 5.41) is 11.5. The average Bonchev–Trinajstić information content (AvgIpc) is 2.30. The van der Waals surface area contributed by atoms with Crippen molar-refractivity contribution in [3.05, 3.63) is 29.8 Å². The quantitative estimate of drug-likeness (QED) is 0.784. The van der Waals surface area contributed by atoms with Crippen LogP contribution in [-0.2, 0) is 10.0 Å². The standard InChI is InChI=1S/C10H13N3O2S/c1-12-16(14,15)7-6-13-10-4-2-9(8-11)3-5-10/h2-5,12-13H,6-7H2,1H3. The van der Waals surface area contributed by atoms with Crippen molar-refractivity contribution in [1.82, 2.24) is 4.72 Å². The largest absolute Gasteiger partial charge is 0.384 e. The molecule has 0 aromatic heterocycles. The van der Waals surface area contributed by atoms with E-state index in [1.165, 1.54) is 7.05 Å². The number of sulfonamides is 1. The Morgan fingerprint density at radius 2 is 1.94 bits per heavy atom. The Morgan fingerprint density at radius 3 is 2.44 bits per heavy atom. The Bertz CT molecular complexity index is 474. The maximum Gasteiger partial charge on any atom is 0.213 e. The summed E-state index contributed by atoms with van der Waals surface area (Å²) in [4.78, 5) is 0. The van der Waals surface area contributed by atoms with Crippen molar-refractivity contribution in [2.24, 2.45) is 0 Å². The zero-order valence-corrected chi connectivity index (χ0v) is 9.71. The highest BCUT2D eigenvalue weighted by Gasteiger charge is 2.05. The Morgan fingerprint density at radius 1 is 1.31 bits per heavy atom. The lowest BCUT2D eigenvalue weighted by atomic mass is 10.2. The van der Waals surface area contributed by atoms with E-state index >= 15 is 0 Å². The number of nitrogens with zero attached hydrogens (tertiary/aromatic N) is 1. The lowest BCUT2D eigenvalue weighted by Gasteiger charge is -2.06. The van der Waals surface area contributed by atoms with E-state index in [4.69, 9.17) is 5.26 Å². The van der Waals surface area contributed by atoms with E-state index < -0.39 is 10.0 Å². The third kappa shape index (κ3) is 3.88. The number of anilines is 1. The van der Waals surface area contributed by atoms with Crippen LogP contribution in [-0.4, -0.2) is 27.8 Å². The van der Waals surface area contributed by atoms with E-state index in [1.54, 1.807) is 24.3 Å². The van der Waals surface area contributed by atoms with Crippen LogP contribution in [0.25, 0.3) is 0 Å². The van der Waals surface area contributed by atoms with Gasteiger partial charge in [-0.3, -0.25) is 0 Å². The van der Waals surface area contributed by atoms with Gasteiger partial charge in [0, 0.05) is 12.2 Å². The smallest absolute Gasteiger partial charge is 0.213 e. The Labute approximate surface area is 95.1 Å². The minimum absolute atomic E-state index is 0.0174. The van der Waals surface area contributed by atoms with E-state index in [1.807, 2.05) is 6.07 Å². The zero-order valence-electron chi connectivity index (χ0n) is 8.90. The number of nitrogens with one attached hydrogen (secondary N) is 2. The van der Waals surface area contributed by atoms with Crippen LogP contribution in [0, 0.1) is 11.3 Å². The number of nitriles is 1. The molecular formula is C10H13N3O2S. The van der Waals surface area contributed by atoms with Crippen molar-refractivity contribution < 1.29 is 8.42 Å². The second kappa shape index (κ2) is 5.49. The van der Waals surface area contributed by atoms with Crippen LogP contribution in [0.4, 0.5) is 5.69 Å². The summed E-state index contributed by atoms with van der Waals surface area (Å²) in [7, 11) is -1.78. The molecule has 0 heterocycles. The summed E-state index contributed by atoms with van der Waals surface area (Å²) in [5.41, 5.74) is 1.37. The molecule has 0 amide bonds. The van der Waals surface area contributed by atoms with Crippen molar-refractivity contribution in [3.63, 3.8) is 0 Å². The first kappa shape index (κ1) is 12.5. The number of hydrogen-bond acceptors (Lipinski definition) is 4. The van der Waals surface area contributed by atoms with Gasteiger partial charge in [0.15, 0.2) is 0 Å². The van der Waals surface area contributed by atoms with E-state index in [2.05, 4.69) is 10.0 Å². The zero-order chi connectivity index (χ0) is 12.0. The van der Waals surface area contributed by atoms with Gasteiger partial charge < -0.3 is 5.32 Å². The van der Waals surface area contributed by atoms with Gasteiger partial charge in [-0.2, -0.15) is 5.26 Å². The molecule has 1 rings (SSSR count). The van der Waals surface area contributed by atoms with Crippen LogP contribution in [0.1, 0.15) is 5.56 Å². The van der Waals surface area contributed by atoms with E-state index in [-0.39, 0.29) is 5.75 Å². The molecule has 0 saturated carbocycles. The Balaban J connectivity index is 2.47. The topological polar surface area (TPSA) is 82.0 Å². The first-order chi connectivity index (χ1) is 7.57. The summed E-state index contributed by atoms with van der Waals surface area (Å²) < 4.78 is 24.4. The molecule has 16 heavy (non-hydrogen) atoms. The van der Waals surface area contributed by atoms with Gasteiger partial charge in [-0.05, 0) is 31.3 Å². The first-order valence-corrected chi connectivity index (χ1v) is 6.38. The van der Waals surface area contributed by atoms with Crippen molar-refractivity contribution in [2.45, 2.75) is 0 Å². The summed E-state index contributed by atoms with van der Waals surface area (Å²) in [6.07, 6.45) is 0. The third-order valence-corrected chi connectivity index (χ3v) is 3.39. The Hall–Kier alpha value is -1.58. The van der Waals surface area contributed by atoms with Crippen LogP contribution in [0.15, 0.2) is 24.3 Å². The summed E-state index contributed by atoms with van der Waals surface area (Å²) >= 11 is 0. The van der Waals surface area contributed by atoms with Gasteiger partial charge in [-0.1, -0.05) is 0 Å². The number of benzene rings is 1. The summed E-state index contributed by atoms with van der Waals surface area (Å²) in [6, 6.07) is 8.84. The second-order valence-electron chi connectivity index (χ2n) is 3.14. The third-order valence-electron chi connectivity index (χ3n) is 2.02. The summed E-state index contributed by atoms with van der Waals surface area (Å²) in [5.74, 6) is 0.0174. The molecule has 6 heteroatoms. The molecule has 0 aliphatic carbocycles. The van der Waals surface area contributed by atoms with Crippen LogP contribution < -0.4 is 10.0 Å². The van der Waals surface area contributed by atoms with Crippen molar-refractivity contribution >= 4 is 15.7 Å². The SMILES string of the molecule is CNS(=O)(=O)CCNc1ccc(C#N)cc1. The molecule has 0 saturated heterocycles. The van der Waals surface area contributed by atoms with E-state index in [9.17, 15) is 8.42 Å². The molecule has 1 aromatic rings. The maximum atomic E-state index is 11.1. The molecule has 5 nitrogen and oxygen atoms in total. The highest BCUT2D eigenvalue weighted by molar-refractivity contribution is 7.89. The van der Waals surface area contributed by atoms with Crippen LogP contribution in [0.2, 0.25) is 0 Å². The molecule has 0 atom stereocenters. The van der Waals surface area contributed by atoms with Gasteiger partial charge in [0.25, 0.3) is 0 Å². The highest BCUT2D eigenvalue weighted by atomic mass is 32.2. The molecule has 0 aliphatic heterocycles. The predicted octanol–water partition coefficient (Wildman–Crippen LogP) is 0.519. The molecule has 1 aromatic carbocycles. The molecule has 86 valence electrons. The van der Waals surface area contributed by atoms with Crippen LogP contribution in [0.3, 0.4) is 0 Å². The molecule has 0 fully saturated rings. The lowest BCUT2D eigenvalue weighted by Crippen LogP contribution is -2.26. The molecule has 2 N–H and O–H groups in total. The lowest BCUT2D eigenvalue weighted by molar-refractivity contribution is 0.588. The molecule has 0 unspecified atom stereocenters. The first-order valence-electron chi connectivity index (χ1n) is 4.72. The normalized spacial score (nSPS) is 10.8. The minimum atomic E-state index is -3.17. The van der Waals surface area contributed by atoms with E-state index in [0.29, 0.717) is 12.1 Å². The van der Waals surface area contributed by atoms with Crippen LogP contribution in [0.5, 0.6) is 0 Å². The fraction of sp³-hybridized carbons (Fsp3) is 0.300. The Kier molecular flexibility index (Phi) is 4.28. The van der Waals surface area contributed by atoms with Crippen LogP contribution >= 0.6 is 0 Å². The summed E-state index contributed by atoms with van der Waals surface area (Å²) in [6.45, 7) is 0.328. The number of hydrogen-bond donors (Lipinski definition) is 2. The van der Waals surface area contributed by atoms with Gasteiger partial charge in [0.2, 0.25) is 10.0 Å². The fourth-order valence-electron chi connectivity index (χ4n) is 1.09. The van der Waals surface area contributed by atoms with Gasteiger partial charge in [-0.25, -0.2) is 13.1 Å². The maximum absolute atomic E-state index is 11.1. The minimum Gasteiger partial charge on any atom is -0.384 e. The monoisotopic (exact) mass is 239 g/mol. The van der Waals surface area contributed by atoms with Gasteiger partial charge >= 0.3 is 0 Å². The average molecular weight is 239 g/mol. The van der Waals surface area contributed by atoms with Crippen molar-refractivity contribution in [2.75, 3.05) is 24.7 Å². The predicted molar refractivity (Wildman–Crippen MR) is 62.5 cm³/mol. The molecule has 0 aliphatic rings. The van der Waals surface area contributed by atoms with Gasteiger partial charge in [0.1, 0.15) is 0 Å². The van der Waals surface area contributed by atoms with Gasteiger partial charge in [0.05, 0.1) is 17.4 Å². The number of rotatable bonds is 5. The van der Waals surface area contributed by atoms with Gasteiger partial charge in [-0.15, -0.1) is 0 Å². The fourth-order valence-corrected chi connectivity index (χ4v) is 1.67. The van der Waals surface area contributed by atoms with E-state index in [0.717, 1.165) is 5.69 Å². The molecular weight excluding hydrogens is 226 g/mol. The van der Waals surface area contributed by atoms with Crippen molar-refractivity contribution in [1.29, 1.82) is 5.26 Å². The van der Waals surface area contributed by atoms with Crippen molar-refractivity contribution in [3.8, 4) is 6.07 Å². The molecule has 0 radical (unpaired) electrons. The highest BCUT2D eigenvalue weighted by Crippen LogP contribution is 2.08.